The Morgan fingerprint density at radius 1 is 1.36 bits per heavy atom. The number of aromatic carboxylic acids is 1. The van der Waals surface area contributed by atoms with Gasteiger partial charge >= 0.3 is 5.97 Å². The van der Waals surface area contributed by atoms with E-state index in [0.717, 1.165) is 12.0 Å². The van der Waals surface area contributed by atoms with E-state index in [4.69, 9.17) is 10.2 Å². The highest BCUT2D eigenvalue weighted by atomic mass is 16.4. The smallest absolute Gasteiger partial charge is 0.335 e. The van der Waals surface area contributed by atoms with Crippen LogP contribution in [0.1, 0.15) is 22.8 Å². The van der Waals surface area contributed by atoms with E-state index >= 15 is 0 Å². The minimum absolute atomic E-state index is 0.153. The molecule has 1 atom stereocenters. The van der Waals surface area contributed by atoms with Crippen molar-refractivity contribution in [3.05, 3.63) is 35.4 Å². The molecule has 1 rings (SSSR count). The van der Waals surface area contributed by atoms with Crippen LogP contribution in [0.2, 0.25) is 0 Å². The van der Waals surface area contributed by atoms with Crippen molar-refractivity contribution in [3.8, 4) is 0 Å². The summed E-state index contributed by atoms with van der Waals surface area (Å²) >= 11 is 0. The van der Waals surface area contributed by atoms with Gasteiger partial charge in [-0.15, -0.1) is 0 Å². The molecule has 0 aliphatic heterocycles. The van der Waals surface area contributed by atoms with Crippen molar-refractivity contribution < 1.29 is 15.0 Å². The van der Waals surface area contributed by atoms with Crippen LogP contribution in [0.4, 0.5) is 0 Å². The van der Waals surface area contributed by atoms with Crippen LogP contribution in [0, 0.1) is 5.92 Å². The van der Waals surface area contributed by atoms with Crippen molar-refractivity contribution in [2.75, 3.05) is 6.61 Å². The quantitative estimate of drug-likeness (QED) is 0.764. The number of carboxylic acids is 1. The highest BCUT2D eigenvalue weighted by Gasteiger charge is 2.04. The van der Waals surface area contributed by atoms with Crippen molar-refractivity contribution in [2.24, 2.45) is 5.92 Å². The normalized spacial score (nSPS) is 12.4. The maximum atomic E-state index is 10.6. The minimum Gasteiger partial charge on any atom is -0.478 e. The second-order valence-corrected chi connectivity index (χ2v) is 3.49. The molecule has 14 heavy (non-hydrogen) atoms. The summed E-state index contributed by atoms with van der Waals surface area (Å²) in [5.41, 5.74) is 1.35. The van der Waals surface area contributed by atoms with Crippen molar-refractivity contribution in [1.29, 1.82) is 0 Å². The van der Waals surface area contributed by atoms with Crippen LogP contribution in [0.5, 0.6) is 0 Å². The van der Waals surface area contributed by atoms with Crippen LogP contribution >= 0.6 is 0 Å². The molecule has 0 spiro atoms. The summed E-state index contributed by atoms with van der Waals surface area (Å²) in [6, 6.07) is 6.74. The Labute approximate surface area is 83.0 Å². The Bertz CT molecular complexity index is 303. The average Bonchev–Trinajstić information content (AvgIpc) is 2.18. The molecule has 0 saturated heterocycles. The summed E-state index contributed by atoms with van der Waals surface area (Å²) in [5.74, 6) is -0.697. The lowest BCUT2D eigenvalue weighted by Gasteiger charge is -2.07. The fourth-order valence-corrected chi connectivity index (χ4v) is 1.25. The van der Waals surface area contributed by atoms with Gasteiger partial charge in [0.25, 0.3) is 0 Å². The van der Waals surface area contributed by atoms with Gasteiger partial charge in [0.15, 0.2) is 0 Å². The van der Waals surface area contributed by atoms with E-state index in [1.165, 1.54) is 0 Å². The molecular weight excluding hydrogens is 180 g/mol. The Morgan fingerprint density at radius 2 is 1.93 bits per heavy atom. The van der Waals surface area contributed by atoms with Crippen molar-refractivity contribution >= 4 is 5.97 Å². The zero-order chi connectivity index (χ0) is 10.6. The van der Waals surface area contributed by atoms with Gasteiger partial charge in [-0.1, -0.05) is 19.1 Å². The summed E-state index contributed by atoms with van der Waals surface area (Å²) in [4.78, 5) is 10.6. The molecule has 0 fully saturated rings. The van der Waals surface area contributed by atoms with Crippen LogP contribution in [-0.4, -0.2) is 22.8 Å². The van der Waals surface area contributed by atoms with E-state index < -0.39 is 5.97 Å². The zero-order valence-corrected chi connectivity index (χ0v) is 8.10. The number of carbonyl (C=O) groups is 1. The van der Waals surface area contributed by atoms with Crippen LogP contribution in [0.25, 0.3) is 0 Å². The molecule has 0 aliphatic rings. The molecular formula is C11H14O3. The number of rotatable bonds is 4. The van der Waals surface area contributed by atoms with Gasteiger partial charge in [0.2, 0.25) is 0 Å². The van der Waals surface area contributed by atoms with Gasteiger partial charge in [0, 0.05) is 6.61 Å². The number of benzene rings is 1. The Balaban J connectivity index is 2.68. The highest BCUT2D eigenvalue weighted by molar-refractivity contribution is 5.87. The molecule has 1 unspecified atom stereocenters. The molecule has 76 valence electrons. The zero-order valence-electron chi connectivity index (χ0n) is 8.10. The first-order chi connectivity index (χ1) is 6.63. The Morgan fingerprint density at radius 3 is 2.36 bits per heavy atom. The van der Waals surface area contributed by atoms with Crippen LogP contribution in [0.15, 0.2) is 24.3 Å². The predicted molar refractivity (Wildman–Crippen MR) is 53.4 cm³/mol. The third-order valence-electron chi connectivity index (χ3n) is 2.10. The van der Waals surface area contributed by atoms with Crippen LogP contribution < -0.4 is 0 Å². The van der Waals surface area contributed by atoms with Gasteiger partial charge in [0.1, 0.15) is 0 Å². The van der Waals surface area contributed by atoms with Gasteiger partial charge in [-0.3, -0.25) is 0 Å². The van der Waals surface area contributed by atoms with E-state index in [1.54, 1.807) is 24.3 Å². The van der Waals surface area contributed by atoms with Gasteiger partial charge in [-0.25, -0.2) is 4.79 Å². The fraction of sp³-hybridized carbons (Fsp3) is 0.364. The first-order valence-electron chi connectivity index (χ1n) is 4.56. The summed E-state index contributed by atoms with van der Waals surface area (Å²) in [7, 11) is 0. The number of hydrogen-bond donors (Lipinski definition) is 2. The van der Waals surface area contributed by atoms with E-state index in [2.05, 4.69) is 0 Å². The molecule has 3 nitrogen and oxygen atoms in total. The summed E-state index contributed by atoms with van der Waals surface area (Å²) < 4.78 is 0. The lowest BCUT2D eigenvalue weighted by molar-refractivity contribution is 0.0697. The molecule has 0 amide bonds. The highest BCUT2D eigenvalue weighted by Crippen LogP contribution is 2.09. The largest absolute Gasteiger partial charge is 0.478 e. The Kier molecular flexibility index (Phi) is 3.65. The Hall–Kier alpha value is -1.35. The third kappa shape index (κ3) is 2.85. The molecule has 0 aromatic heterocycles. The van der Waals surface area contributed by atoms with E-state index in [1.807, 2.05) is 6.92 Å². The molecule has 1 aromatic carbocycles. The molecule has 0 radical (unpaired) electrons. The lowest BCUT2D eigenvalue weighted by atomic mass is 10.0. The maximum absolute atomic E-state index is 10.6. The number of aliphatic hydroxyl groups excluding tert-OH is 1. The number of aliphatic hydroxyl groups is 1. The van der Waals surface area contributed by atoms with E-state index in [0.29, 0.717) is 5.56 Å². The van der Waals surface area contributed by atoms with Gasteiger partial charge in [0.05, 0.1) is 5.56 Å². The second-order valence-electron chi connectivity index (χ2n) is 3.49. The second kappa shape index (κ2) is 4.77. The summed E-state index contributed by atoms with van der Waals surface area (Å²) in [5, 5.41) is 17.5. The molecule has 0 saturated carbocycles. The standard InChI is InChI=1S/C11H14O3/c1-8(7-12)6-9-2-4-10(5-3-9)11(13)14/h2-5,8,12H,6-7H2,1H3,(H,13,14). The molecule has 2 N–H and O–H groups in total. The monoisotopic (exact) mass is 194 g/mol. The molecule has 0 aliphatic carbocycles. The minimum atomic E-state index is -0.910. The van der Waals surface area contributed by atoms with Crippen molar-refractivity contribution in [3.63, 3.8) is 0 Å². The molecule has 1 aromatic rings. The number of hydrogen-bond acceptors (Lipinski definition) is 2. The van der Waals surface area contributed by atoms with Crippen LogP contribution in [-0.2, 0) is 6.42 Å². The third-order valence-corrected chi connectivity index (χ3v) is 2.10. The van der Waals surface area contributed by atoms with Gasteiger partial charge in [-0.2, -0.15) is 0 Å². The fourth-order valence-electron chi connectivity index (χ4n) is 1.25. The molecule has 0 heterocycles. The molecule has 0 bridgehead atoms. The topological polar surface area (TPSA) is 57.5 Å². The lowest BCUT2D eigenvalue weighted by Crippen LogP contribution is -2.05. The molecule has 3 heteroatoms. The van der Waals surface area contributed by atoms with E-state index in [-0.39, 0.29) is 12.5 Å². The van der Waals surface area contributed by atoms with Gasteiger partial charge < -0.3 is 10.2 Å². The summed E-state index contributed by atoms with van der Waals surface area (Å²) in [6.07, 6.45) is 0.774. The van der Waals surface area contributed by atoms with E-state index in [9.17, 15) is 4.79 Å². The first kappa shape index (κ1) is 10.7. The summed E-state index contributed by atoms with van der Waals surface area (Å²) in [6.45, 7) is 2.10. The van der Waals surface area contributed by atoms with Crippen molar-refractivity contribution in [1.82, 2.24) is 0 Å². The SMILES string of the molecule is CC(CO)Cc1ccc(C(=O)O)cc1. The van der Waals surface area contributed by atoms with Crippen LogP contribution in [0.3, 0.4) is 0 Å². The predicted octanol–water partition coefficient (Wildman–Crippen LogP) is 1.56. The first-order valence-corrected chi connectivity index (χ1v) is 4.56. The number of carboxylic acid groups (broad SMARTS) is 1. The van der Waals surface area contributed by atoms with Crippen molar-refractivity contribution in [2.45, 2.75) is 13.3 Å². The average molecular weight is 194 g/mol. The maximum Gasteiger partial charge on any atom is 0.335 e. The van der Waals surface area contributed by atoms with Gasteiger partial charge in [-0.05, 0) is 30.0 Å².